The van der Waals surface area contributed by atoms with Gasteiger partial charge in [0, 0.05) is 19.1 Å². The second kappa shape index (κ2) is 2.73. The number of rotatable bonds is 3. The summed E-state index contributed by atoms with van der Waals surface area (Å²) >= 11 is 0. The second-order valence-electron chi connectivity index (χ2n) is 5.22. The van der Waals surface area contributed by atoms with Crippen LogP contribution in [0.15, 0.2) is 0 Å². The van der Waals surface area contributed by atoms with Crippen molar-refractivity contribution in [1.82, 2.24) is 4.90 Å². The van der Waals surface area contributed by atoms with E-state index < -0.39 is 0 Å². The zero-order chi connectivity index (χ0) is 8.77. The van der Waals surface area contributed by atoms with E-state index in [0.717, 1.165) is 12.0 Å². The number of hydrogen-bond acceptors (Lipinski definition) is 1. The highest BCUT2D eigenvalue weighted by Crippen LogP contribution is 2.41. The molecule has 0 radical (unpaired) electrons. The third-order valence-corrected chi connectivity index (χ3v) is 3.99. The van der Waals surface area contributed by atoms with Crippen LogP contribution < -0.4 is 0 Å². The molecule has 0 atom stereocenters. The molecule has 2 aliphatic rings. The van der Waals surface area contributed by atoms with Gasteiger partial charge in [-0.25, -0.2) is 0 Å². The molecule has 1 aliphatic heterocycles. The van der Waals surface area contributed by atoms with Gasteiger partial charge in [-0.2, -0.15) is 0 Å². The molecule has 2 fully saturated rings. The summed E-state index contributed by atoms with van der Waals surface area (Å²) in [5.41, 5.74) is 0.589. The van der Waals surface area contributed by atoms with Crippen LogP contribution >= 0.6 is 0 Å². The van der Waals surface area contributed by atoms with E-state index in [2.05, 4.69) is 25.7 Å². The summed E-state index contributed by atoms with van der Waals surface area (Å²) < 4.78 is 0. The van der Waals surface area contributed by atoms with Gasteiger partial charge in [0.1, 0.15) is 0 Å². The monoisotopic (exact) mass is 167 g/mol. The molecule has 70 valence electrons. The van der Waals surface area contributed by atoms with Gasteiger partial charge in [0.25, 0.3) is 0 Å². The van der Waals surface area contributed by atoms with E-state index in [4.69, 9.17) is 0 Å². The maximum Gasteiger partial charge on any atom is 0.00966 e. The SMILES string of the molecule is CCC(C)(C)C1CN(C2CC2)C1. The van der Waals surface area contributed by atoms with Crippen LogP contribution in [-0.2, 0) is 0 Å². The van der Waals surface area contributed by atoms with Crippen LogP contribution in [0.3, 0.4) is 0 Å². The van der Waals surface area contributed by atoms with Gasteiger partial charge in [0.15, 0.2) is 0 Å². The summed E-state index contributed by atoms with van der Waals surface area (Å²) in [6.07, 6.45) is 4.27. The normalized spacial score (nSPS) is 27.2. The highest BCUT2D eigenvalue weighted by molar-refractivity contribution is 4.96. The molecule has 0 amide bonds. The predicted molar refractivity (Wildman–Crippen MR) is 52.2 cm³/mol. The maximum atomic E-state index is 2.67. The first-order valence-corrected chi connectivity index (χ1v) is 5.37. The van der Waals surface area contributed by atoms with Crippen LogP contribution in [0.2, 0.25) is 0 Å². The Labute approximate surface area is 76.1 Å². The van der Waals surface area contributed by atoms with Crippen LogP contribution in [0.4, 0.5) is 0 Å². The van der Waals surface area contributed by atoms with Gasteiger partial charge < -0.3 is 0 Å². The van der Waals surface area contributed by atoms with Crippen LogP contribution in [-0.4, -0.2) is 24.0 Å². The Kier molecular flexibility index (Phi) is 1.95. The van der Waals surface area contributed by atoms with Gasteiger partial charge in [-0.15, -0.1) is 0 Å². The second-order valence-corrected chi connectivity index (χ2v) is 5.22. The first-order valence-electron chi connectivity index (χ1n) is 5.37. The fourth-order valence-corrected chi connectivity index (χ4v) is 2.03. The molecule has 0 unspecified atom stereocenters. The van der Waals surface area contributed by atoms with Crippen molar-refractivity contribution in [2.24, 2.45) is 11.3 Å². The fourth-order valence-electron chi connectivity index (χ4n) is 2.03. The fraction of sp³-hybridized carbons (Fsp3) is 1.00. The Bertz CT molecular complexity index is 164. The molecule has 0 aromatic rings. The van der Waals surface area contributed by atoms with Crippen molar-refractivity contribution in [1.29, 1.82) is 0 Å². The molecule has 2 rings (SSSR count). The van der Waals surface area contributed by atoms with Crippen LogP contribution in [0.25, 0.3) is 0 Å². The average molecular weight is 167 g/mol. The third kappa shape index (κ3) is 1.39. The average Bonchev–Trinajstić information content (AvgIpc) is 2.67. The minimum Gasteiger partial charge on any atom is -0.300 e. The van der Waals surface area contributed by atoms with Crippen molar-refractivity contribution in [3.8, 4) is 0 Å². The number of nitrogens with zero attached hydrogens (tertiary/aromatic N) is 1. The Morgan fingerprint density at radius 3 is 2.25 bits per heavy atom. The smallest absolute Gasteiger partial charge is 0.00966 e. The lowest BCUT2D eigenvalue weighted by Crippen LogP contribution is -2.53. The van der Waals surface area contributed by atoms with Gasteiger partial charge in [-0.05, 0) is 24.2 Å². The first kappa shape index (κ1) is 8.55. The van der Waals surface area contributed by atoms with Gasteiger partial charge in [0.2, 0.25) is 0 Å². The molecule has 1 nitrogen and oxygen atoms in total. The van der Waals surface area contributed by atoms with Crippen LogP contribution in [0.1, 0.15) is 40.0 Å². The predicted octanol–water partition coefficient (Wildman–Crippen LogP) is 2.52. The molecule has 0 aromatic heterocycles. The van der Waals surface area contributed by atoms with E-state index in [1.54, 1.807) is 0 Å². The van der Waals surface area contributed by atoms with Crippen LogP contribution in [0, 0.1) is 11.3 Å². The van der Waals surface area contributed by atoms with Crippen LogP contribution in [0.5, 0.6) is 0 Å². The number of hydrogen-bond donors (Lipinski definition) is 0. The van der Waals surface area contributed by atoms with Crippen molar-refractivity contribution in [3.05, 3.63) is 0 Å². The summed E-state index contributed by atoms with van der Waals surface area (Å²) in [4.78, 5) is 2.67. The lowest BCUT2D eigenvalue weighted by molar-refractivity contribution is 0.00762. The largest absolute Gasteiger partial charge is 0.300 e. The number of likely N-dealkylation sites (tertiary alicyclic amines) is 1. The van der Waals surface area contributed by atoms with E-state index in [0.29, 0.717) is 5.41 Å². The first-order chi connectivity index (χ1) is 5.63. The van der Waals surface area contributed by atoms with E-state index in [9.17, 15) is 0 Å². The molecule has 1 saturated carbocycles. The van der Waals surface area contributed by atoms with E-state index in [-0.39, 0.29) is 0 Å². The zero-order valence-electron chi connectivity index (χ0n) is 8.64. The van der Waals surface area contributed by atoms with Crippen molar-refractivity contribution in [2.45, 2.75) is 46.1 Å². The van der Waals surface area contributed by atoms with E-state index in [1.807, 2.05) is 0 Å². The molecular formula is C11H21N. The topological polar surface area (TPSA) is 3.24 Å². The van der Waals surface area contributed by atoms with Crippen molar-refractivity contribution in [2.75, 3.05) is 13.1 Å². The van der Waals surface area contributed by atoms with Gasteiger partial charge in [0.05, 0.1) is 0 Å². The summed E-state index contributed by atoms with van der Waals surface area (Å²) in [6.45, 7) is 9.92. The molecule has 1 heteroatoms. The van der Waals surface area contributed by atoms with E-state index in [1.165, 1.54) is 32.4 Å². The summed E-state index contributed by atoms with van der Waals surface area (Å²) in [5, 5.41) is 0. The maximum absolute atomic E-state index is 2.67. The molecule has 12 heavy (non-hydrogen) atoms. The molecule has 0 N–H and O–H groups in total. The molecule has 0 spiro atoms. The highest BCUT2D eigenvalue weighted by Gasteiger charge is 2.43. The third-order valence-electron chi connectivity index (χ3n) is 3.99. The lowest BCUT2D eigenvalue weighted by Gasteiger charge is -2.48. The minimum atomic E-state index is 0.589. The zero-order valence-corrected chi connectivity index (χ0v) is 8.64. The molecule has 0 aromatic carbocycles. The summed E-state index contributed by atoms with van der Waals surface area (Å²) in [5.74, 6) is 0.975. The molecule has 0 bridgehead atoms. The van der Waals surface area contributed by atoms with E-state index >= 15 is 0 Å². The minimum absolute atomic E-state index is 0.589. The molecule has 1 saturated heterocycles. The van der Waals surface area contributed by atoms with Crippen molar-refractivity contribution < 1.29 is 0 Å². The lowest BCUT2D eigenvalue weighted by atomic mass is 9.72. The Morgan fingerprint density at radius 1 is 1.25 bits per heavy atom. The summed E-state index contributed by atoms with van der Waals surface area (Å²) in [6, 6.07) is 0.994. The van der Waals surface area contributed by atoms with Crippen molar-refractivity contribution in [3.63, 3.8) is 0 Å². The molecule has 1 aliphatic carbocycles. The van der Waals surface area contributed by atoms with Gasteiger partial charge in [-0.1, -0.05) is 27.2 Å². The highest BCUT2D eigenvalue weighted by atomic mass is 15.2. The Hall–Kier alpha value is -0.0400. The van der Waals surface area contributed by atoms with Gasteiger partial charge in [-0.3, -0.25) is 4.90 Å². The van der Waals surface area contributed by atoms with Gasteiger partial charge >= 0.3 is 0 Å². The Morgan fingerprint density at radius 2 is 1.83 bits per heavy atom. The Balaban J connectivity index is 1.79. The van der Waals surface area contributed by atoms with Crippen molar-refractivity contribution >= 4 is 0 Å². The molecular weight excluding hydrogens is 146 g/mol. The standard InChI is InChI=1S/C11H21N/c1-4-11(2,3)9-7-12(8-9)10-5-6-10/h9-10H,4-8H2,1-3H3. The summed E-state index contributed by atoms with van der Waals surface area (Å²) in [7, 11) is 0. The quantitative estimate of drug-likeness (QED) is 0.624. The molecule has 1 heterocycles.